The Kier molecular flexibility index (Phi) is 6.79. The van der Waals surface area contributed by atoms with Crippen LogP contribution < -0.4 is 4.90 Å². The van der Waals surface area contributed by atoms with Gasteiger partial charge in [0.25, 0.3) is 0 Å². The van der Waals surface area contributed by atoms with Crippen LogP contribution in [0.25, 0.3) is 0 Å². The van der Waals surface area contributed by atoms with Crippen LogP contribution in [0, 0.1) is 0 Å². The van der Waals surface area contributed by atoms with E-state index in [-0.39, 0.29) is 5.91 Å². The Morgan fingerprint density at radius 1 is 1.15 bits per heavy atom. The summed E-state index contributed by atoms with van der Waals surface area (Å²) in [4.78, 5) is 21.9. The van der Waals surface area contributed by atoms with Crippen LogP contribution >= 0.6 is 0 Å². The Bertz CT molecular complexity index is 612. The van der Waals surface area contributed by atoms with Gasteiger partial charge in [-0.05, 0) is 12.1 Å². The average molecular weight is 368 g/mol. The molecule has 0 spiro atoms. The van der Waals surface area contributed by atoms with E-state index in [9.17, 15) is 18.0 Å². The number of rotatable bonds is 7. The highest BCUT2D eigenvalue weighted by Crippen LogP contribution is 2.29. The molecule has 0 N–H and O–H groups in total. The Labute approximate surface area is 151 Å². The van der Waals surface area contributed by atoms with Crippen molar-refractivity contribution in [2.45, 2.75) is 6.18 Å². The van der Waals surface area contributed by atoms with Gasteiger partial charge >= 0.3 is 6.18 Å². The van der Waals surface area contributed by atoms with Crippen LogP contribution in [-0.4, -0.2) is 66.5 Å². The molecule has 0 unspecified atom stereocenters. The number of anilines is 1. The van der Waals surface area contributed by atoms with E-state index in [1.807, 2.05) is 9.80 Å². The second-order valence-corrected chi connectivity index (χ2v) is 6.04. The van der Waals surface area contributed by atoms with Gasteiger partial charge in [0.15, 0.2) is 0 Å². The Hall–Kier alpha value is -2.35. The van der Waals surface area contributed by atoms with Crippen LogP contribution in [-0.2, 0) is 11.0 Å². The van der Waals surface area contributed by atoms with E-state index in [2.05, 4.69) is 18.1 Å². The molecule has 1 aliphatic heterocycles. The lowest BCUT2D eigenvalue weighted by molar-refractivity contribution is -0.137. The number of alkyl halides is 3. The zero-order valence-electron chi connectivity index (χ0n) is 14.6. The van der Waals surface area contributed by atoms with Gasteiger partial charge in [0.1, 0.15) is 5.82 Å². The van der Waals surface area contributed by atoms with Crippen molar-refractivity contribution in [2.75, 3.05) is 50.7 Å². The highest BCUT2D eigenvalue weighted by molar-refractivity contribution is 5.78. The van der Waals surface area contributed by atoms with Crippen LogP contribution in [0.4, 0.5) is 19.0 Å². The summed E-state index contributed by atoms with van der Waals surface area (Å²) in [6.07, 6.45) is -0.174. The summed E-state index contributed by atoms with van der Waals surface area (Å²) in [5, 5.41) is 0. The van der Waals surface area contributed by atoms with E-state index in [0.29, 0.717) is 51.6 Å². The molecule has 2 rings (SSSR count). The molecule has 0 saturated carbocycles. The minimum atomic E-state index is -4.38. The number of pyridine rings is 1. The fourth-order valence-corrected chi connectivity index (χ4v) is 2.76. The minimum absolute atomic E-state index is 0.00547. The molecule has 0 aliphatic carbocycles. The number of aromatic nitrogens is 1. The molecule has 1 aliphatic rings. The van der Waals surface area contributed by atoms with E-state index in [4.69, 9.17) is 0 Å². The van der Waals surface area contributed by atoms with Gasteiger partial charge in [-0.25, -0.2) is 4.98 Å². The number of nitrogens with zero attached hydrogens (tertiary/aromatic N) is 4. The van der Waals surface area contributed by atoms with Crippen molar-refractivity contribution in [2.24, 2.45) is 0 Å². The van der Waals surface area contributed by atoms with Crippen LogP contribution in [0.15, 0.2) is 43.6 Å². The molecule has 0 bridgehead atoms. The quantitative estimate of drug-likeness (QED) is 0.693. The fraction of sp³-hybridized carbons (Fsp3) is 0.444. The van der Waals surface area contributed by atoms with Gasteiger partial charge in [-0.2, -0.15) is 13.2 Å². The first-order valence-electron chi connectivity index (χ1n) is 8.35. The summed E-state index contributed by atoms with van der Waals surface area (Å²) < 4.78 is 37.8. The summed E-state index contributed by atoms with van der Waals surface area (Å²) in [7, 11) is 0. The van der Waals surface area contributed by atoms with E-state index >= 15 is 0 Å². The number of hydrogen-bond donors (Lipinski definition) is 0. The van der Waals surface area contributed by atoms with Crippen LogP contribution in [0.1, 0.15) is 5.56 Å². The number of halogens is 3. The SMILES string of the molecule is C=CCN(CC=C)C(=O)CN1CCN(c2ccc(C(F)(F)F)cn2)CC1. The van der Waals surface area contributed by atoms with Gasteiger partial charge in [-0.15, -0.1) is 13.2 Å². The number of piperazine rings is 1. The van der Waals surface area contributed by atoms with Crippen molar-refractivity contribution >= 4 is 11.7 Å². The summed E-state index contributed by atoms with van der Waals surface area (Å²) in [6, 6.07) is 2.43. The molecule has 26 heavy (non-hydrogen) atoms. The van der Waals surface area contributed by atoms with Crippen LogP contribution in [0.5, 0.6) is 0 Å². The molecule has 1 fully saturated rings. The summed E-state index contributed by atoms with van der Waals surface area (Å²) in [5.41, 5.74) is -0.755. The number of amides is 1. The predicted octanol–water partition coefficient (Wildman–Crippen LogP) is 2.42. The van der Waals surface area contributed by atoms with Crippen molar-refractivity contribution in [1.82, 2.24) is 14.8 Å². The maximum absolute atomic E-state index is 12.6. The molecule has 0 radical (unpaired) electrons. The van der Waals surface area contributed by atoms with Crippen molar-refractivity contribution in [3.63, 3.8) is 0 Å². The first kappa shape index (κ1) is 20.0. The van der Waals surface area contributed by atoms with Crippen molar-refractivity contribution in [3.05, 3.63) is 49.2 Å². The zero-order valence-corrected chi connectivity index (χ0v) is 14.6. The Balaban J connectivity index is 1.87. The highest BCUT2D eigenvalue weighted by atomic mass is 19.4. The third kappa shape index (κ3) is 5.32. The molecule has 1 aromatic rings. The van der Waals surface area contributed by atoms with Crippen LogP contribution in [0.2, 0.25) is 0 Å². The zero-order chi connectivity index (χ0) is 19.2. The first-order valence-corrected chi connectivity index (χ1v) is 8.35. The van der Waals surface area contributed by atoms with Gasteiger partial charge in [0, 0.05) is 45.5 Å². The topological polar surface area (TPSA) is 39.7 Å². The van der Waals surface area contributed by atoms with E-state index in [1.165, 1.54) is 6.07 Å². The van der Waals surface area contributed by atoms with E-state index < -0.39 is 11.7 Å². The Morgan fingerprint density at radius 3 is 2.23 bits per heavy atom. The lowest BCUT2D eigenvalue weighted by Gasteiger charge is -2.35. The molecule has 0 aromatic carbocycles. The molecule has 1 amide bonds. The smallest absolute Gasteiger partial charge is 0.354 e. The van der Waals surface area contributed by atoms with Gasteiger partial charge in [-0.1, -0.05) is 12.2 Å². The minimum Gasteiger partial charge on any atom is -0.354 e. The van der Waals surface area contributed by atoms with E-state index in [1.54, 1.807) is 17.1 Å². The standard InChI is InChI=1S/C18H23F3N4O/c1-3-7-25(8-4-2)17(26)14-23-9-11-24(12-10-23)16-6-5-15(13-22-16)18(19,20)21/h3-6,13H,1-2,7-12,14H2. The van der Waals surface area contributed by atoms with Crippen LogP contribution in [0.3, 0.4) is 0 Å². The molecule has 8 heteroatoms. The number of carbonyl (C=O) groups excluding carboxylic acids is 1. The average Bonchev–Trinajstić information content (AvgIpc) is 2.61. The lowest BCUT2D eigenvalue weighted by atomic mass is 10.2. The largest absolute Gasteiger partial charge is 0.417 e. The predicted molar refractivity (Wildman–Crippen MR) is 94.9 cm³/mol. The first-order chi connectivity index (χ1) is 12.3. The number of hydrogen-bond acceptors (Lipinski definition) is 4. The summed E-state index contributed by atoms with van der Waals surface area (Å²) in [5.74, 6) is 0.523. The lowest BCUT2D eigenvalue weighted by Crippen LogP contribution is -2.50. The van der Waals surface area contributed by atoms with Gasteiger partial charge in [0.05, 0.1) is 12.1 Å². The maximum atomic E-state index is 12.6. The maximum Gasteiger partial charge on any atom is 0.417 e. The molecular formula is C18H23F3N4O. The molecule has 142 valence electrons. The summed E-state index contributed by atoms with van der Waals surface area (Å²) in [6.45, 7) is 11.0. The summed E-state index contributed by atoms with van der Waals surface area (Å²) >= 11 is 0. The molecule has 1 aromatic heterocycles. The third-order valence-electron chi connectivity index (χ3n) is 4.18. The van der Waals surface area contributed by atoms with Crippen molar-refractivity contribution in [1.29, 1.82) is 0 Å². The molecule has 5 nitrogen and oxygen atoms in total. The molecule has 0 atom stereocenters. The molecule has 2 heterocycles. The van der Waals surface area contributed by atoms with Gasteiger partial charge < -0.3 is 9.80 Å². The van der Waals surface area contributed by atoms with Crippen molar-refractivity contribution in [3.8, 4) is 0 Å². The van der Waals surface area contributed by atoms with E-state index in [0.717, 1.165) is 12.3 Å². The fourth-order valence-electron chi connectivity index (χ4n) is 2.76. The molecular weight excluding hydrogens is 345 g/mol. The molecule has 1 saturated heterocycles. The van der Waals surface area contributed by atoms with Gasteiger partial charge in [-0.3, -0.25) is 9.69 Å². The van der Waals surface area contributed by atoms with Crippen molar-refractivity contribution < 1.29 is 18.0 Å². The third-order valence-corrected chi connectivity index (χ3v) is 4.18. The second-order valence-electron chi connectivity index (χ2n) is 6.04. The normalized spacial score (nSPS) is 15.6. The highest BCUT2D eigenvalue weighted by Gasteiger charge is 2.31. The second kappa shape index (κ2) is 8.84. The van der Waals surface area contributed by atoms with Gasteiger partial charge in [0.2, 0.25) is 5.91 Å². The monoisotopic (exact) mass is 368 g/mol. The number of carbonyl (C=O) groups is 1. The Morgan fingerprint density at radius 2 is 1.77 bits per heavy atom.